The van der Waals surface area contributed by atoms with Gasteiger partial charge in [0.05, 0.1) is 21.1 Å². The maximum atomic E-state index is 11.0. The summed E-state index contributed by atoms with van der Waals surface area (Å²) in [6.07, 6.45) is 1.60. The lowest BCUT2D eigenvalue weighted by molar-refractivity contribution is -0.138. The number of carbonyl (C=O) groups is 1. The minimum atomic E-state index is -0.849. The lowest BCUT2D eigenvalue weighted by atomic mass is 10.1. The van der Waals surface area contributed by atoms with Crippen LogP contribution in [0.2, 0.25) is 0 Å². The molecule has 1 atom stereocenters. The molecule has 2 rings (SSSR count). The third kappa shape index (κ3) is 3.44. The summed E-state index contributed by atoms with van der Waals surface area (Å²) in [4.78, 5) is 11.9. The highest BCUT2D eigenvalue weighted by molar-refractivity contribution is 9.13. The van der Waals surface area contributed by atoms with Crippen LogP contribution in [0.4, 0.5) is 0 Å². The van der Waals surface area contributed by atoms with Gasteiger partial charge in [0.15, 0.2) is 5.82 Å². The molecule has 2 aromatic heterocycles. The van der Waals surface area contributed by atoms with Crippen LogP contribution in [-0.4, -0.2) is 31.3 Å². The van der Waals surface area contributed by atoms with Crippen molar-refractivity contribution in [3.05, 3.63) is 14.3 Å². The van der Waals surface area contributed by atoms with Crippen LogP contribution in [0.25, 0.3) is 10.7 Å². The van der Waals surface area contributed by atoms with Crippen LogP contribution in [0.3, 0.4) is 0 Å². The van der Waals surface area contributed by atoms with E-state index in [-0.39, 0.29) is 12.5 Å². The van der Waals surface area contributed by atoms with Gasteiger partial charge in [-0.2, -0.15) is 0 Å². The van der Waals surface area contributed by atoms with E-state index in [4.69, 9.17) is 5.11 Å². The fraction of sp³-hybridized carbons (Fsp3) is 0.455. The van der Waals surface area contributed by atoms with E-state index < -0.39 is 5.97 Å². The first-order valence-corrected chi connectivity index (χ1v) is 8.38. The van der Waals surface area contributed by atoms with Gasteiger partial charge in [0.25, 0.3) is 0 Å². The van der Waals surface area contributed by atoms with E-state index in [2.05, 4.69) is 47.4 Å². The Bertz CT molecular complexity index is 594. The highest BCUT2D eigenvalue weighted by atomic mass is 79.9. The molecule has 2 aromatic rings. The highest BCUT2D eigenvalue weighted by Crippen LogP contribution is 2.38. The molecule has 20 heavy (non-hydrogen) atoms. The Kier molecular flexibility index (Phi) is 5.28. The molecule has 0 bridgehead atoms. The average Bonchev–Trinajstić information content (AvgIpc) is 2.96. The van der Waals surface area contributed by atoms with Crippen LogP contribution in [0.15, 0.2) is 14.3 Å². The van der Waals surface area contributed by atoms with E-state index in [0.29, 0.717) is 5.82 Å². The predicted molar refractivity (Wildman–Crippen MR) is 82.7 cm³/mol. The molecule has 0 aromatic carbocycles. The quantitative estimate of drug-likeness (QED) is 0.765. The van der Waals surface area contributed by atoms with Gasteiger partial charge in [-0.15, -0.1) is 16.4 Å². The Morgan fingerprint density at radius 2 is 2.30 bits per heavy atom. The van der Waals surface area contributed by atoms with Crippen LogP contribution in [0.1, 0.15) is 32.2 Å². The average molecular weight is 424 g/mol. The molecule has 2 heterocycles. The summed E-state index contributed by atoms with van der Waals surface area (Å²) in [5.74, 6) is -0.250. The lowest BCUT2D eigenvalue weighted by Gasteiger charge is -2.14. The number of hydrogen-bond donors (Lipinski definition) is 1. The molecule has 0 aliphatic carbocycles. The Balaban J connectivity index is 2.37. The molecule has 0 spiro atoms. The van der Waals surface area contributed by atoms with E-state index in [1.807, 2.05) is 13.0 Å². The van der Waals surface area contributed by atoms with Gasteiger partial charge in [-0.3, -0.25) is 4.79 Å². The van der Waals surface area contributed by atoms with Crippen molar-refractivity contribution >= 4 is 49.2 Å². The van der Waals surface area contributed by atoms with Crippen molar-refractivity contribution < 1.29 is 9.90 Å². The second-order valence-corrected chi connectivity index (χ2v) is 7.44. The predicted octanol–water partition coefficient (Wildman–Crippen LogP) is 3.74. The second-order valence-electron chi connectivity index (χ2n) is 4.22. The molecule has 0 amide bonds. The molecule has 9 heteroatoms. The van der Waals surface area contributed by atoms with Crippen molar-refractivity contribution in [1.29, 1.82) is 0 Å². The number of nitrogens with zero attached hydrogens (tertiary/aromatic N) is 4. The smallest absolute Gasteiger partial charge is 0.305 e. The third-order valence-corrected chi connectivity index (χ3v) is 5.99. The number of carboxylic acids is 1. The zero-order valence-corrected chi connectivity index (χ0v) is 14.6. The minimum absolute atomic E-state index is 0.0135. The number of halogens is 2. The highest BCUT2D eigenvalue weighted by Gasteiger charge is 2.22. The number of thiophene rings is 1. The van der Waals surface area contributed by atoms with Gasteiger partial charge in [-0.05, 0) is 54.8 Å². The van der Waals surface area contributed by atoms with Gasteiger partial charge in [-0.25, -0.2) is 4.68 Å². The molecule has 1 N–H and O–H groups in total. The Hall–Kier alpha value is -0.800. The maximum absolute atomic E-state index is 11.0. The van der Waals surface area contributed by atoms with E-state index in [1.165, 1.54) is 11.3 Å². The number of tetrazole rings is 1. The van der Waals surface area contributed by atoms with Gasteiger partial charge in [0, 0.05) is 4.47 Å². The van der Waals surface area contributed by atoms with Gasteiger partial charge in [0.1, 0.15) is 0 Å². The van der Waals surface area contributed by atoms with Crippen molar-refractivity contribution in [2.75, 3.05) is 0 Å². The summed E-state index contributed by atoms with van der Waals surface area (Å²) in [5, 5.41) is 20.7. The molecule has 108 valence electrons. The molecule has 0 saturated carbocycles. The van der Waals surface area contributed by atoms with E-state index >= 15 is 0 Å². The van der Waals surface area contributed by atoms with E-state index in [0.717, 1.165) is 26.0 Å². The van der Waals surface area contributed by atoms with Crippen LogP contribution in [0, 0.1) is 0 Å². The summed E-state index contributed by atoms with van der Waals surface area (Å²) >= 11 is 8.36. The number of carboxylic acid groups (broad SMARTS) is 1. The van der Waals surface area contributed by atoms with Gasteiger partial charge in [-0.1, -0.05) is 13.3 Å². The van der Waals surface area contributed by atoms with Crippen molar-refractivity contribution in [1.82, 2.24) is 20.2 Å². The first kappa shape index (κ1) is 15.6. The normalized spacial score (nSPS) is 12.6. The maximum Gasteiger partial charge on any atom is 0.305 e. The number of rotatable bonds is 6. The summed E-state index contributed by atoms with van der Waals surface area (Å²) in [6.45, 7) is 2.01. The van der Waals surface area contributed by atoms with Gasteiger partial charge < -0.3 is 5.11 Å². The van der Waals surface area contributed by atoms with Gasteiger partial charge in [0.2, 0.25) is 0 Å². The Morgan fingerprint density at radius 1 is 1.55 bits per heavy atom. The number of aromatic nitrogens is 4. The molecular weight excluding hydrogens is 412 g/mol. The molecule has 1 unspecified atom stereocenters. The molecule has 0 aliphatic heterocycles. The SMILES string of the molecule is CCCC(CC(=O)O)n1nnnc1-c1cc(Br)c(Br)s1. The molecule has 6 nitrogen and oxygen atoms in total. The van der Waals surface area contributed by atoms with E-state index in [1.54, 1.807) is 4.68 Å². The van der Waals surface area contributed by atoms with Crippen molar-refractivity contribution in [3.63, 3.8) is 0 Å². The third-order valence-electron chi connectivity index (χ3n) is 2.74. The van der Waals surface area contributed by atoms with Crippen molar-refractivity contribution in [3.8, 4) is 10.7 Å². The molecule has 0 aliphatic rings. The fourth-order valence-corrected chi connectivity index (χ4v) is 3.92. The Morgan fingerprint density at radius 3 is 2.85 bits per heavy atom. The zero-order chi connectivity index (χ0) is 14.7. The number of hydrogen-bond acceptors (Lipinski definition) is 5. The zero-order valence-electron chi connectivity index (χ0n) is 10.6. The summed E-state index contributed by atoms with van der Waals surface area (Å²) < 4.78 is 3.49. The topological polar surface area (TPSA) is 80.9 Å². The monoisotopic (exact) mass is 422 g/mol. The molecule has 0 saturated heterocycles. The summed E-state index contributed by atoms with van der Waals surface area (Å²) in [7, 11) is 0. The summed E-state index contributed by atoms with van der Waals surface area (Å²) in [5.41, 5.74) is 0. The van der Waals surface area contributed by atoms with Crippen molar-refractivity contribution in [2.24, 2.45) is 0 Å². The summed E-state index contributed by atoms with van der Waals surface area (Å²) in [6, 6.07) is 1.68. The van der Waals surface area contributed by atoms with Crippen LogP contribution >= 0.6 is 43.2 Å². The number of aliphatic carboxylic acids is 1. The molecule has 0 fully saturated rings. The molecular formula is C11H12Br2N4O2S. The van der Waals surface area contributed by atoms with E-state index in [9.17, 15) is 4.79 Å². The lowest BCUT2D eigenvalue weighted by Crippen LogP contribution is -2.16. The van der Waals surface area contributed by atoms with Crippen LogP contribution in [-0.2, 0) is 4.79 Å². The van der Waals surface area contributed by atoms with Gasteiger partial charge >= 0.3 is 5.97 Å². The van der Waals surface area contributed by atoms with Crippen LogP contribution in [0.5, 0.6) is 0 Å². The first-order valence-electron chi connectivity index (χ1n) is 5.97. The minimum Gasteiger partial charge on any atom is -0.481 e. The first-order chi connectivity index (χ1) is 9.52. The fourth-order valence-electron chi connectivity index (χ4n) is 1.90. The largest absolute Gasteiger partial charge is 0.481 e. The molecule has 0 radical (unpaired) electrons. The van der Waals surface area contributed by atoms with Crippen LogP contribution < -0.4 is 0 Å². The Labute approximate surface area is 136 Å². The van der Waals surface area contributed by atoms with Crippen molar-refractivity contribution in [2.45, 2.75) is 32.2 Å². The standard InChI is InChI=1S/C11H12Br2N4O2S/c1-2-3-6(4-9(18)19)17-11(14-15-16-17)8-5-7(12)10(13)20-8/h5-6H,2-4H2,1H3,(H,18,19). The second kappa shape index (κ2) is 6.77.